The molecule has 23 heavy (non-hydrogen) atoms. The van der Waals surface area contributed by atoms with Crippen LogP contribution < -0.4 is 0 Å². The van der Waals surface area contributed by atoms with Gasteiger partial charge < -0.3 is 4.90 Å². The number of carbonyl (C=O) groups excluding carboxylic acids is 1. The fourth-order valence-electron chi connectivity index (χ4n) is 3.20. The summed E-state index contributed by atoms with van der Waals surface area (Å²) in [7, 11) is 0. The van der Waals surface area contributed by atoms with Crippen LogP contribution in [0.2, 0.25) is 0 Å². The van der Waals surface area contributed by atoms with Crippen LogP contribution in [0.25, 0.3) is 0 Å². The highest BCUT2D eigenvalue weighted by molar-refractivity contribution is 7.09. The molecule has 1 aromatic heterocycles. The minimum Gasteiger partial charge on any atom is -0.334 e. The Hall–Kier alpha value is -1.65. The number of hydrogen-bond donors (Lipinski definition) is 0. The predicted molar refractivity (Wildman–Crippen MR) is 95.3 cm³/mol. The molecule has 1 atom stereocenters. The lowest BCUT2D eigenvalue weighted by Crippen LogP contribution is -2.42. The summed E-state index contributed by atoms with van der Waals surface area (Å²) >= 11 is 1.80. The molecule has 1 amide bonds. The minimum atomic E-state index is 0.286. The molecule has 0 bridgehead atoms. The molecule has 1 saturated heterocycles. The average molecular weight is 328 g/mol. The van der Waals surface area contributed by atoms with Crippen molar-refractivity contribution in [1.29, 1.82) is 0 Å². The normalized spacial score (nSPS) is 19.8. The lowest BCUT2D eigenvalue weighted by atomic mass is 10.1. The van der Waals surface area contributed by atoms with Crippen LogP contribution in [0.15, 0.2) is 47.8 Å². The van der Waals surface area contributed by atoms with E-state index >= 15 is 0 Å². The van der Waals surface area contributed by atoms with Gasteiger partial charge in [-0.3, -0.25) is 9.69 Å². The van der Waals surface area contributed by atoms with Crippen LogP contribution in [-0.2, 0) is 17.9 Å². The zero-order valence-electron chi connectivity index (χ0n) is 13.6. The van der Waals surface area contributed by atoms with E-state index in [-0.39, 0.29) is 5.91 Å². The molecule has 2 aromatic rings. The molecule has 0 N–H and O–H groups in total. The van der Waals surface area contributed by atoms with Gasteiger partial charge in [-0.2, -0.15) is 0 Å². The third-order valence-corrected chi connectivity index (χ3v) is 5.36. The fourth-order valence-corrected chi connectivity index (χ4v) is 3.95. The minimum absolute atomic E-state index is 0.286. The Morgan fingerprint density at radius 3 is 2.65 bits per heavy atom. The van der Waals surface area contributed by atoms with Crippen molar-refractivity contribution in [2.45, 2.75) is 38.9 Å². The van der Waals surface area contributed by atoms with E-state index in [4.69, 9.17) is 0 Å². The van der Waals surface area contributed by atoms with Gasteiger partial charge in [0.05, 0.1) is 0 Å². The van der Waals surface area contributed by atoms with Crippen LogP contribution in [0.1, 0.15) is 30.2 Å². The van der Waals surface area contributed by atoms with E-state index in [1.54, 1.807) is 11.3 Å². The summed E-state index contributed by atoms with van der Waals surface area (Å²) in [6, 6.07) is 14.9. The number of benzene rings is 1. The second-order valence-corrected chi connectivity index (χ2v) is 7.17. The van der Waals surface area contributed by atoms with Crippen molar-refractivity contribution in [3.8, 4) is 0 Å². The zero-order chi connectivity index (χ0) is 16.1. The number of carbonyl (C=O) groups is 1. The maximum absolute atomic E-state index is 12.6. The average Bonchev–Trinajstić information content (AvgIpc) is 3.04. The third kappa shape index (κ3) is 4.21. The summed E-state index contributed by atoms with van der Waals surface area (Å²) in [5, 5.41) is 2.12. The number of amides is 1. The Labute approximate surface area is 142 Å². The third-order valence-electron chi connectivity index (χ3n) is 4.50. The van der Waals surface area contributed by atoms with Crippen molar-refractivity contribution in [3.05, 3.63) is 58.3 Å². The summed E-state index contributed by atoms with van der Waals surface area (Å²) in [5.41, 5.74) is 1.21. The van der Waals surface area contributed by atoms with Crippen LogP contribution in [-0.4, -0.2) is 34.8 Å². The van der Waals surface area contributed by atoms with Crippen LogP contribution in [0.5, 0.6) is 0 Å². The van der Waals surface area contributed by atoms with E-state index in [1.165, 1.54) is 10.4 Å². The van der Waals surface area contributed by atoms with Gasteiger partial charge in [-0.25, -0.2) is 0 Å². The molecular weight excluding hydrogens is 304 g/mol. The van der Waals surface area contributed by atoms with E-state index in [0.717, 1.165) is 32.6 Å². The van der Waals surface area contributed by atoms with E-state index in [2.05, 4.69) is 46.4 Å². The highest BCUT2D eigenvalue weighted by Gasteiger charge is 2.28. The first-order valence-electron chi connectivity index (χ1n) is 8.34. The molecule has 122 valence electrons. The number of nitrogens with zero attached hydrogens (tertiary/aromatic N) is 2. The molecular formula is C19H24N2OS. The van der Waals surface area contributed by atoms with Gasteiger partial charge in [0.25, 0.3) is 0 Å². The maximum Gasteiger partial charge on any atom is 0.224 e. The molecule has 0 spiro atoms. The molecule has 4 heteroatoms. The van der Waals surface area contributed by atoms with Crippen molar-refractivity contribution in [3.63, 3.8) is 0 Å². The summed E-state index contributed by atoms with van der Waals surface area (Å²) in [6.45, 7) is 5.70. The summed E-state index contributed by atoms with van der Waals surface area (Å²) in [6.07, 6.45) is 1.62. The van der Waals surface area contributed by atoms with Crippen LogP contribution in [0.3, 0.4) is 0 Å². The second-order valence-electron chi connectivity index (χ2n) is 6.13. The van der Waals surface area contributed by atoms with Gasteiger partial charge in [0.1, 0.15) is 0 Å². The molecule has 0 saturated carbocycles. The van der Waals surface area contributed by atoms with E-state index in [0.29, 0.717) is 12.5 Å². The van der Waals surface area contributed by atoms with Crippen molar-refractivity contribution in [1.82, 2.24) is 9.80 Å². The monoisotopic (exact) mass is 328 g/mol. The van der Waals surface area contributed by atoms with Gasteiger partial charge in [-0.05, 0) is 23.4 Å². The highest BCUT2D eigenvalue weighted by Crippen LogP contribution is 2.20. The molecule has 1 fully saturated rings. The van der Waals surface area contributed by atoms with Gasteiger partial charge in [-0.15, -0.1) is 11.3 Å². The first kappa shape index (κ1) is 16.2. The smallest absolute Gasteiger partial charge is 0.224 e. The summed E-state index contributed by atoms with van der Waals surface area (Å²) in [4.78, 5) is 18.5. The summed E-state index contributed by atoms with van der Waals surface area (Å²) in [5.74, 6) is 0.286. The highest BCUT2D eigenvalue weighted by atomic mass is 32.1. The van der Waals surface area contributed by atoms with Gasteiger partial charge in [0.2, 0.25) is 5.91 Å². The molecule has 3 rings (SSSR count). The van der Waals surface area contributed by atoms with Gasteiger partial charge in [-0.1, -0.05) is 43.3 Å². The first-order valence-corrected chi connectivity index (χ1v) is 9.22. The Bertz CT molecular complexity index is 612. The Balaban J connectivity index is 1.71. The van der Waals surface area contributed by atoms with Crippen LogP contribution in [0, 0.1) is 0 Å². The van der Waals surface area contributed by atoms with Crippen molar-refractivity contribution >= 4 is 17.2 Å². The lowest BCUT2D eigenvalue weighted by molar-refractivity contribution is -0.133. The fraction of sp³-hybridized carbons (Fsp3) is 0.421. The molecule has 0 radical (unpaired) electrons. The lowest BCUT2D eigenvalue weighted by Gasteiger charge is -2.31. The first-order chi connectivity index (χ1) is 11.3. The molecule has 1 aliphatic heterocycles. The summed E-state index contributed by atoms with van der Waals surface area (Å²) < 4.78 is 0. The number of hydrogen-bond acceptors (Lipinski definition) is 3. The van der Waals surface area contributed by atoms with E-state index < -0.39 is 0 Å². The Morgan fingerprint density at radius 1 is 1.13 bits per heavy atom. The molecule has 1 aromatic carbocycles. The number of rotatable bonds is 5. The van der Waals surface area contributed by atoms with Crippen LogP contribution >= 0.6 is 11.3 Å². The molecule has 0 aliphatic carbocycles. The second kappa shape index (κ2) is 7.75. The molecule has 1 aliphatic rings. The number of thiophene rings is 1. The predicted octanol–water partition coefficient (Wildman–Crippen LogP) is 3.76. The quantitative estimate of drug-likeness (QED) is 0.834. The molecule has 1 unspecified atom stereocenters. The zero-order valence-corrected chi connectivity index (χ0v) is 14.5. The maximum atomic E-state index is 12.6. The van der Waals surface area contributed by atoms with E-state index in [9.17, 15) is 4.79 Å². The Kier molecular flexibility index (Phi) is 5.47. The SMILES string of the molecule is CCC1CN(Cc2cccs2)CCC(=O)N1Cc1ccccc1. The Morgan fingerprint density at radius 2 is 1.96 bits per heavy atom. The van der Waals surface area contributed by atoms with Crippen molar-refractivity contribution < 1.29 is 4.79 Å². The molecule has 3 nitrogen and oxygen atoms in total. The van der Waals surface area contributed by atoms with Gasteiger partial charge in [0, 0.05) is 43.5 Å². The van der Waals surface area contributed by atoms with Crippen LogP contribution in [0.4, 0.5) is 0 Å². The van der Waals surface area contributed by atoms with E-state index in [1.807, 2.05) is 18.2 Å². The van der Waals surface area contributed by atoms with Crippen molar-refractivity contribution in [2.24, 2.45) is 0 Å². The standard InChI is InChI=1S/C19H24N2OS/c1-2-17-14-20(15-18-9-6-12-23-18)11-10-19(22)21(17)13-16-7-4-3-5-8-16/h3-9,12,17H,2,10-11,13-15H2,1H3. The largest absolute Gasteiger partial charge is 0.334 e. The van der Waals surface area contributed by atoms with Gasteiger partial charge in [0.15, 0.2) is 0 Å². The van der Waals surface area contributed by atoms with Crippen molar-refractivity contribution in [2.75, 3.05) is 13.1 Å². The molecule has 2 heterocycles. The van der Waals surface area contributed by atoms with Gasteiger partial charge >= 0.3 is 0 Å². The topological polar surface area (TPSA) is 23.6 Å².